The Bertz CT molecular complexity index is 1140. The van der Waals surface area contributed by atoms with Gasteiger partial charge < -0.3 is 14.6 Å². The van der Waals surface area contributed by atoms with E-state index in [0.29, 0.717) is 25.3 Å². The first kappa shape index (κ1) is 22.9. The first-order valence-electron chi connectivity index (χ1n) is 11.5. The Morgan fingerprint density at radius 1 is 1.12 bits per heavy atom. The Hall–Kier alpha value is -2.23. The molecule has 1 aliphatic carbocycles. The molecule has 8 nitrogen and oxygen atoms in total. The van der Waals surface area contributed by atoms with E-state index in [1.54, 1.807) is 12.3 Å². The van der Waals surface area contributed by atoms with Gasteiger partial charge in [0.2, 0.25) is 15.5 Å². The van der Waals surface area contributed by atoms with Crippen LogP contribution in [0.1, 0.15) is 55.8 Å². The fourth-order valence-electron chi connectivity index (χ4n) is 4.58. The molecule has 0 atom stereocenters. The number of ether oxygens (including phenoxy) is 1. The molecular formula is C23H31N3O5S. The van der Waals surface area contributed by atoms with Crippen molar-refractivity contribution in [1.29, 1.82) is 0 Å². The smallest absolute Gasteiger partial charge is 0.256 e. The van der Waals surface area contributed by atoms with Crippen molar-refractivity contribution in [3.63, 3.8) is 0 Å². The molecule has 1 saturated carbocycles. The second-order valence-electron chi connectivity index (χ2n) is 8.52. The van der Waals surface area contributed by atoms with E-state index in [-0.39, 0.29) is 40.9 Å². The zero-order valence-corrected chi connectivity index (χ0v) is 19.3. The zero-order valence-electron chi connectivity index (χ0n) is 18.5. The van der Waals surface area contributed by atoms with Gasteiger partial charge in [-0.05, 0) is 38.0 Å². The Balaban J connectivity index is 1.72. The SMILES string of the molecule is CCn1cc(C(=O)NC2CCCCCC2)c(=O)c2cc(S(=O)(=O)N3CCOCC3)ccc21. The summed E-state index contributed by atoms with van der Waals surface area (Å²) in [6.45, 7) is 3.74. The highest BCUT2D eigenvalue weighted by Gasteiger charge is 2.27. The van der Waals surface area contributed by atoms with Gasteiger partial charge in [0.1, 0.15) is 5.56 Å². The average molecular weight is 462 g/mol. The van der Waals surface area contributed by atoms with E-state index in [2.05, 4.69) is 5.32 Å². The summed E-state index contributed by atoms with van der Waals surface area (Å²) in [5.41, 5.74) is 0.240. The highest BCUT2D eigenvalue weighted by molar-refractivity contribution is 7.89. The monoisotopic (exact) mass is 461 g/mol. The minimum Gasteiger partial charge on any atom is -0.379 e. The van der Waals surface area contributed by atoms with Crippen molar-refractivity contribution < 1.29 is 17.9 Å². The molecule has 2 heterocycles. The van der Waals surface area contributed by atoms with Gasteiger partial charge in [-0.2, -0.15) is 4.31 Å². The van der Waals surface area contributed by atoms with E-state index >= 15 is 0 Å². The van der Waals surface area contributed by atoms with Crippen molar-refractivity contribution in [1.82, 2.24) is 14.2 Å². The molecule has 2 aromatic rings. The number of sulfonamides is 1. The summed E-state index contributed by atoms with van der Waals surface area (Å²) >= 11 is 0. The molecule has 0 spiro atoms. The van der Waals surface area contributed by atoms with E-state index < -0.39 is 15.5 Å². The van der Waals surface area contributed by atoms with Crippen molar-refractivity contribution in [2.45, 2.75) is 62.9 Å². The van der Waals surface area contributed by atoms with Crippen LogP contribution in [-0.4, -0.2) is 55.5 Å². The molecular weight excluding hydrogens is 430 g/mol. The molecule has 2 fully saturated rings. The van der Waals surface area contributed by atoms with Gasteiger partial charge in [0.15, 0.2) is 0 Å². The molecule has 0 radical (unpaired) electrons. The number of pyridine rings is 1. The molecule has 1 aromatic heterocycles. The fraction of sp³-hybridized carbons (Fsp3) is 0.565. The summed E-state index contributed by atoms with van der Waals surface area (Å²) in [6.07, 6.45) is 7.92. The largest absolute Gasteiger partial charge is 0.379 e. The number of fused-ring (bicyclic) bond motifs is 1. The number of nitrogens with zero attached hydrogens (tertiary/aromatic N) is 2. The highest BCUT2D eigenvalue weighted by atomic mass is 32.2. The summed E-state index contributed by atoms with van der Waals surface area (Å²) < 4.78 is 34.6. The number of amides is 1. The second-order valence-corrected chi connectivity index (χ2v) is 10.5. The molecule has 2 aliphatic rings. The maximum absolute atomic E-state index is 13.3. The molecule has 32 heavy (non-hydrogen) atoms. The topological polar surface area (TPSA) is 97.7 Å². The summed E-state index contributed by atoms with van der Waals surface area (Å²) in [5, 5.41) is 3.28. The van der Waals surface area contributed by atoms with Crippen molar-refractivity contribution in [3.05, 3.63) is 40.2 Å². The first-order valence-corrected chi connectivity index (χ1v) is 12.9. The van der Waals surface area contributed by atoms with Crippen LogP contribution in [0.3, 0.4) is 0 Å². The molecule has 1 N–H and O–H groups in total. The van der Waals surface area contributed by atoms with Crippen LogP contribution in [0.4, 0.5) is 0 Å². The maximum atomic E-state index is 13.3. The molecule has 1 amide bonds. The van der Waals surface area contributed by atoms with Crippen LogP contribution >= 0.6 is 0 Å². The van der Waals surface area contributed by atoms with Crippen LogP contribution in [0, 0.1) is 0 Å². The van der Waals surface area contributed by atoms with Gasteiger partial charge in [-0.1, -0.05) is 25.7 Å². The third-order valence-electron chi connectivity index (χ3n) is 6.44. The summed E-state index contributed by atoms with van der Waals surface area (Å²) in [7, 11) is -3.75. The molecule has 174 valence electrons. The Morgan fingerprint density at radius 3 is 2.47 bits per heavy atom. The zero-order chi connectivity index (χ0) is 22.7. The number of carbonyl (C=O) groups is 1. The lowest BCUT2D eigenvalue weighted by molar-refractivity contribution is 0.0730. The number of hydrogen-bond donors (Lipinski definition) is 1. The van der Waals surface area contributed by atoms with E-state index in [1.807, 2.05) is 11.5 Å². The molecule has 0 unspecified atom stereocenters. The van der Waals surface area contributed by atoms with Gasteiger partial charge >= 0.3 is 0 Å². The first-order chi connectivity index (χ1) is 15.4. The number of aryl methyl sites for hydroxylation is 1. The fourth-order valence-corrected chi connectivity index (χ4v) is 6.02. The molecule has 4 rings (SSSR count). The van der Waals surface area contributed by atoms with Gasteiger partial charge in [-0.25, -0.2) is 8.42 Å². The minimum atomic E-state index is -3.75. The van der Waals surface area contributed by atoms with Crippen molar-refractivity contribution in [2.75, 3.05) is 26.3 Å². The van der Waals surface area contributed by atoms with Gasteiger partial charge in [0.05, 0.1) is 23.6 Å². The van der Waals surface area contributed by atoms with E-state index in [4.69, 9.17) is 4.74 Å². The highest BCUT2D eigenvalue weighted by Crippen LogP contribution is 2.22. The second kappa shape index (κ2) is 9.72. The summed E-state index contributed by atoms with van der Waals surface area (Å²) in [5.74, 6) is -0.382. The lowest BCUT2D eigenvalue weighted by Gasteiger charge is -2.26. The minimum absolute atomic E-state index is 0.0597. The Morgan fingerprint density at radius 2 is 1.81 bits per heavy atom. The van der Waals surface area contributed by atoms with Crippen LogP contribution in [0.5, 0.6) is 0 Å². The molecule has 1 aromatic carbocycles. The molecule has 9 heteroatoms. The van der Waals surface area contributed by atoms with Crippen LogP contribution in [0.2, 0.25) is 0 Å². The molecule has 1 aliphatic heterocycles. The number of hydrogen-bond acceptors (Lipinski definition) is 5. The quantitative estimate of drug-likeness (QED) is 0.690. The van der Waals surface area contributed by atoms with E-state index in [9.17, 15) is 18.0 Å². The van der Waals surface area contributed by atoms with Gasteiger partial charge in [0.25, 0.3) is 5.91 Å². The lowest BCUT2D eigenvalue weighted by atomic mass is 10.1. The third-order valence-corrected chi connectivity index (χ3v) is 8.33. The summed E-state index contributed by atoms with van der Waals surface area (Å²) in [6, 6.07) is 4.67. The predicted molar refractivity (Wildman–Crippen MR) is 122 cm³/mol. The van der Waals surface area contributed by atoms with Crippen LogP contribution in [0.25, 0.3) is 10.9 Å². The molecule has 0 bridgehead atoms. The van der Waals surface area contributed by atoms with Gasteiger partial charge in [0, 0.05) is 37.3 Å². The van der Waals surface area contributed by atoms with Crippen molar-refractivity contribution >= 4 is 26.8 Å². The summed E-state index contributed by atoms with van der Waals surface area (Å²) in [4.78, 5) is 26.4. The van der Waals surface area contributed by atoms with Crippen molar-refractivity contribution in [2.24, 2.45) is 0 Å². The third kappa shape index (κ3) is 4.60. The Labute approximate surface area is 188 Å². The van der Waals surface area contributed by atoms with Crippen LogP contribution in [-0.2, 0) is 21.3 Å². The number of carbonyl (C=O) groups excluding carboxylic acids is 1. The number of morpholine rings is 1. The van der Waals surface area contributed by atoms with Gasteiger partial charge in [-0.15, -0.1) is 0 Å². The van der Waals surface area contributed by atoms with E-state index in [1.165, 1.54) is 29.3 Å². The lowest BCUT2D eigenvalue weighted by Crippen LogP contribution is -2.40. The number of nitrogens with one attached hydrogen (secondary N) is 1. The number of aromatic nitrogens is 1. The number of rotatable bonds is 5. The standard InChI is InChI=1S/C23H31N3O5S/c1-2-25-16-20(23(28)24-17-7-5-3-4-6-8-17)22(27)19-15-18(9-10-21(19)25)32(29,30)26-11-13-31-14-12-26/h9-10,15-17H,2-8,11-14H2,1H3,(H,24,28). The van der Waals surface area contributed by atoms with Crippen LogP contribution in [0.15, 0.2) is 34.1 Å². The van der Waals surface area contributed by atoms with Crippen LogP contribution < -0.4 is 10.7 Å². The molecule has 1 saturated heterocycles. The normalized spacial score (nSPS) is 19.0. The average Bonchev–Trinajstić information content (AvgIpc) is 3.08. The van der Waals surface area contributed by atoms with Gasteiger partial charge in [-0.3, -0.25) is 9.59 Å². The number of benzene rings is 1. The maximum Gasteiger partial charge on any atom is 0.256 e. The Kier molecular flexibility index (Phi) is 6.97. The van der Waals surface area contributed by atoms with E-state index in [0.717, 1.165) is 25.7 Å². The van der Waals surface area contributed by atoms with Crippen molar-refractivity contribution in [3.8, 4) is 0 Å². The predicted octanol–water partition coefficient (Wildman–Crippen LogP) is 2.49.